The summed E-state index contributed by atoms with van der Waals surface area (Å²) in [6.45, 7) is 9.65. The lowest BCUT2D eigenvalue weighted by Crippen LogP contribution is -2.39. The van der Waals surface area contributed by atoms with Crippen molar-refractivity contribution >= 4 is 17.7 Å². The second-order valence-electron chi connectivity index (χ2n) is 5.54. The minimum Gasteiger partial charge on any atom is -0.340 e. The Bertz CT molecular complexity index is 462. The predicted molar refractivity (Wildman–Crippen MR) is 87.4 cm³/mol. The van der Waals surface area contributed by atoms with E-state index < -0.39 is 0 Å². The van der Waals surface area contributed by atoms with Gasteiger partial charge in [-0.15, -0.1) is 0 Å². The van der Waals surface area contributed by atoms with Crippen LogP contribution in [0.1, 0.15) is 25.8 Å². The number of thioether (sulfide) groups is 1. The standard InChI is InChI=1S/C15H26N4OS/c1-4-19-12-14(10-16-19)11-17-6-5-7-18(9-8-17)15(20)13(2)21-3/h10,12-13H,4-9,11H2,1-3H3/t13-/m0/s1. The third kappa shape index (κ3) is 4.48. The minimum absolute atomic E-state index is 0.0688. The Balaban J connectivity index is 1.87. The molecule has 21 heavy (non-hydrogen) atoms. The second-order valence-corrected chi connectivity index (χ2v) is 6.72. The summed E-state index contributed by atoms with van der Waals surface area (Å²) in [6.07, 6.45) is 7.11. The van der Waals surface area contributed by atoms with Crippen LogP contribution < -0.4 is 0 Å². The fourth-order valence-electron chi connectivity index (χ4n) is 2.63. The van der Waals surface area contributed by atoms with E-state index in [-0.39, 0.29) is 11.2 Å². The molecule has 1 saturated heterocycles. The second kappa shape index (κ2) is 7.84. The van der Waals surface area contributed by atoms with Crippen LogP contribution >= 0.6 is 11.8 Å². The van der Waals surface area contributed by atoms with Crippen LogP contribution in [-0.2, 0) is 17.9 Å². The molecule has 2 rings (SSSR count). The van der Waals surface area contributed by atoms with E-state index in [1.165, 1.54) is 5.56 Å². The largest absolute Gasteiger partial charge is 0.340 e. The number of carbonyl (C=O) groups is 1. The molecule has 0 bridgehead atoms. The highest BCUT2D eigenvalue weighted by atomic mass is 32.2. The fraction of sp³-hybridized carbons (Fsp3) is 0.733. The molecule has 1 aromatic heterocycles. The molecule has 0 spiro atoms. The van der Waals surface area contributed by atoms with Crippen LogP contribution in [0.2, 0.25) is 0 Å². The van der Waals surface area contributed by atoms with Crippen molar-refractivity contribution in [3.63, 3.8) is 0 Å². The van der Waals surface area contributed by atoms with Gasteiger partial charge < -0.3 is 4.90 Å². The number of carbonyl (C=O) groups excluding carboxylic acids is 1. The van der Waals surface area contributed by atoms with Gasteiger partial charge in [0.25, 0.3) is 0 Å². The molecule has 1 atom stereocenters. The maximum atomic E-state index is 12.3. The third-order valence-electron chi connectivity index (χ3n) is 4.02. The molecule has 6 heteroatoms. The van der Waals surface area contributed by atoms with Crippen LogP contribution in [-0.4, -0.2) is 63.2 Å². The Morgan fingerprint density at radius 3 is 2.86 bits per heavy atom. The molecular weight excluding hydrogens is 284 g/mol. The molecule has 1 fully saturated rings. The number of rotatable bonds is 5. The molecule has 1 aliphatic heterocycles. The first-order valence-electron chi connectivity index (χ1n) is 7.69. The summed E-state index contributed by atoms with van der Waals surface area (Å²) in [5.41, 5.74) is 1.26. The molecule has 5 nitrogen and oxygen atoms in total. The van der Waals surface area contributed by atoms with Crippen molar-refractivity contribution in [1.82, 2.24) is 19.6 Å². The quantitative estimate of drug-likeness (QED) is 0.830. The van der Waals surface area contributed by atoms with Gasteiger partial charge >= 0.3 is 0 Å². The molecule has 1 aliphatic rings. The van der Waals surface area contributed by atoms with Crippen LogP contribution in [0, 0.1) is 0 Å². The first kappa shape index (κ1) is 16.4. The molecule has 1 aromatic rings. The van der Waals surface area contributed by atoms with Crippen molar-refractivity contribution in [1.29, 1.82) is 0 Å². The van der Waals surface area contributed by atoms with E-state index in [2.05, 4.69) is 23.1 Å². The van der Waals surface area contributed by atoms with Gasteiger partial charge in [-0.2, -0.15) is 16.9 Å². The van der Waals surface area contributed by atoms with Crippen LogP contribution in [0.25, 0.3) is 0 Å². The molecule has 0 saturated carbocycles. The maximum Gasteiger partial charge on any atom is 0.235 e. The molecule has 2 heterocycles. The van der Waals surface area contributed by atoms with Crippen molar-refractivity contribution in [3.05, 3.63) is 18.0 Å². The molecule has 0 aliphatic carbocycles. The van der Waals surface area contributed by atoms with E-state index in [9.17, 15) is 4.79 Å². The van der Waals surface area contributed by atoms with Crippen molar-refractivity contribution in [2.75, 3.05) is 32.4 Å². The van der Waals surface area contributed by atoms with Gasteiger partial charge in [-0.3, -0.25) is 14.4 Å². The number of hydrogen-bond acceptors (Lipinski definition) is 4. The number of aromatic nitrogens is 2. The average molecular weight is 310 g/mol. The van der Waals surface area contributed by atoms with E-state index in [1.54, 1.807) is 11.8 Å². The Morgan fingerprint density at radius 1 is 1.38 bits per heavy atom. The summed E-state index contributed by atoms with van der Waals surface area (Å²) in [5, 5.41) is 4.39. The summed E-state index contributed by atoms with van der Waals surface area (Å²) >= 11 is 1.63. The van der Waals surface area contributed by atoms with Crippen LogP contribution in [0.3, 0.4) is 0 Å². The zero-order chi connectivity index (χ0) is 15.2. The highest BCUT2D eigenvalue weighted by molar-refractivity contribution is 7.99. The molecule has 1 amide bonds. The normalized spacial score (nSPS) is 18.5. The highest BCUT2D eigenvalue weighted by Crippen LogP contribution is 2.13. The first-order valence-corrected chi connectivity index (χ1v) is 8.98. The zero-order valence-electron chi connectivity index (χ0n) is 13.3. The Hall–Kier alpha value is -1.01. The van der Waals surface area contributed by atoms with Crippen LogP contribution in [0.15, 0.2) is 12.4 Å². The van der Waals surface area contributed by atoms with Gasteiger partial charge in [-0.05, 0) is 26.5 Å². The summed E-state index contributed by atoms with van der Waals surface area (Å²) in [6, 6.07) is 0. The van der Waals surface area contributed by atoms with Crippen LogP contribution in [0.5, 0.6) is 0 Å². The van der Waals surface area contributed by atoms with Crippen LogP contribution in [0.4, 0.5) is 0 Å². The first-order chi connectivity index (χ1) is 10.1. The smallest absolute Gasteiger partial charge is 0.235 e. The Kier molecular flexibility index (Phi) is 6.11. The lowest BCUT2D eigenvalue weighted by atomic mass is 10.3. The molecule has 0 N–H and O–H groups in total. The highest BCUT2D eigenvalue weighted by Gasteiger charge is 2.22. The van der Waals surface area contributed by atoms with Gasteiger partial charge in [0.1, 0.15) is 0 Å². The third-order valence-corrected chi connectivity index (χ3v) is 4.93. The number of nitrogens with zero attached hydrogens (tertiary/aromatic N) is 4. The van der Waals surface area contributed by atoms with Gasteiger partial charge in [-0.25, -0.2) is 0 Å². The van der Waals surface area contributed by atoms with Gasteiger partial charge in [-0.1, -0.05) is 0 Å². The van der Waals surface area contributed by atoms with Crippen molar-refractivity contribution in [3.8, 4) is 0 Å². The van der Waals surface area contributed by atoms with E-state index in [0.29, 0.717) is 0 Å². The lowest BCUT2D eigenvalue weighted by Gasteiger charge is -2.23. The summed E-state index contributed by atoms with van der Waals surface area (Å²) in [7, 11) is 0. The summed E-state index contributed by atoms with van der Waals surface area (Å²) in [4.78, 5) is 16.7. The summed E-state index contributed by atoms with van der Waals surface area (Å²) < 4.78 is 1.96. The lowest BCUT2D eigenvalue weighted by molar-refractivity contribution is -0.130. The maximum absolute atomic E-state index is 12.3. The molecule has 0 unspecified atom stereocenters. The van der Waals surface area contributed by atoms with E-state index >= 15 is 0 Å². The van der Waals surface area contributed by atoms with Gasteiger partial charge in [0, 0.05) is 51.0 Å². The molecule has 0 radical (unpaired) electrons. The Labute approximate surface area is 131 Å². The van der Waals surface area contributed by atoms with Crippen molar-refractivity contribution in [2.45, 2.75) is 38.6 Å². The molecule has 118 valence electrons. The predicted octanol–water partition coefficient (Wildman–Crippen LogP) is 1.69. The number of aryl methyl sites for hydroxylation is 1. The van der Waals surface area contributed by atoms with Gasteiger partial charge in [0.15, 0.2) is 0 Å². The fourth-order valence-corrected chi connectivity index (χ4v) is 2.98. The molecule has 0 aromatic carbocycles. The van der Waals surface area contributed by atoms with E-state index in [4.69, 9.17) is 0 Å². The van der Waals surface area contributed by atoms with E-state index in [0.717, 1.165) is 45.7 Å². The average Bonchev–Trinajstić information content (AvgIpc) is 2.83. The van der Waals surface area contributed by atoms with Crippen molar-refractivity contribution < 1.29 is 4.79 Å². The summed E-state index contributed by atoms with van der Waals surface area (Å²) in [5.74, 6) is 0.281. The number of hydrogen-bond donors (Lipinski definition) is 0. The van der Waals surface area contributed by atoms with Gasteiger partial charge in [0.2, 0.25) is 5.91 Å². The monoisotopic (exact) mass is 310 g/mol. The Morgan fingerprint density at radius 2 is 2.19 bits per heavy atom. The number of amides is 1. The SMILES string of the molecule is CCn1cc(CN2CCCN(C(=O)[C@H](C)SC)CC2)cn1. The van der Waals surface area contributed by atoms with E-state index in [1.807, 2.05) is 29.0 Å². The zero-order valence-corrected chi connectivity index (χ0v) is 14.1. The topological polar surface area (TPSA) is 41.4 Å². The van der Waals surface area contributed by atoms with Crippen molar-refractivity contribution in [2.24, 2.45) is 0 Å². The molecular formula is C15H26N4OS. The van der Waals surface area contributed by atoms with Gasteiger partial charge in [0.05, 0.1) is 11.4 Å². The minimum atomic E-state index is 0.0688.